The normalized spacial score (nSPS) is 15.0. The van der Waals surface area contributed by atoms with E-state index in [1.165, 1.54) is 0 Å². The average Bonchev–Trinajstić information content (AvgIpc) is 3.30. The molecule has 1 saturated heterocycles. The third kappa shape index (κ3) is 4.59. The van der Waals surface area contributed by atoms with Crippen LogP contribution in [0.3, 0.4) is 0 Å². The molecule has 4 rings (SSSR count). The van der Waals surface area contributed by atoms with Gasteiger partial charge in [-0.1, -0.05) is 48.5 Å². The molecule has 0 bridgehead atoms. The van der Waals surface area contributed by atoms with Gasteiger partial charge in [0.2, 0.25) is 5.89 Å². The molecule has 156 valence electrons. The summed E-state index contributed by atoms with van der Waals surface area (Å²) in [5.41, 5.74) is 1.79. The van der Waals surface area contributed by atoms with Gasteiger partial charge >= 0.3 is 0 Å². The zero-order valence-electron chi connectivity index (χ0n) is 16.7. The minimum atomic E-state index is -0.421. The van der Waals surface area contributed by atoms with E-state index in [2.05, 4.69) is 10.3 Å². The van der Waals surface area contributed by atoms with Crippen LogP contribution in [0.1, 0.15) is 21.8 Å². The number of nitrogens with zero attached hydrogens (tertiary/aromatic N) is 2. The summed E-state index contributed by atoms with van der Waals surface area (Å²) in [6, 6.07) is 18.6. The third-order valence-corrected chi connectivity index (χ3v) is 5.53. The zero-order chi connectivity index (χ0) is 21.8. The van der Waals surface area contributed by atoms with Gasteiger partial charge in [-0.15, -0.1) is 0 Å². The topological polar surface area (TPSA) is 92.5 Å². The van der Waals surface area contributed by atoms with Crippen LogP contribution in [-0.4, -0.2) is 40.0 Å². The molecule has 0 saturated carbocycles. The summed E-state index contributed by atoms with van der Waals surface area (Å²) in [4.78, 5) is 43.1. The number of oxazole rings is 1. The maximum atomic E-state index is 12.6. The van der Waals surface area contributed by atoms with Crippen molar-refractivity contribution < 1.29 is 18.8 Å². The van der Waals surface area contributed by atoms with Gasteiger partial charge in [-0.2, -0.15) is 0 Å². The highest BCUT2D eigenvalue weighted by molar-refractivity contribution is 8.18. The van der Waals surface area contributed by atoms with Crippen LogP contribution in [0.4, 0.5) is 4.79 Å². The van der Waals surface area contributed by atoms with E-state index in [4.69, 9.17) is 4.42 Å². The fraction of sp³-hybridized carbons (Fsp3) is 0.130. The Morgan fingerprint density at radius 1 is 1.10 bits per heavy atom. The highest BCUT2D eigenvalue weighted by atomic mass is 32.2. The minimum Gasteiger partial charge on any atom is -0.441 e. The summed E-state index contributed by atoms with van der Waals surface area (Å²) < 4.78 is 5.60. The minimum absolute atomic E-state index is 0.0744. The summed E-state index contributed by atoms with van der Waals surface area (Å²) in [6.07, 6.45) is 1.69. The fourth-order valence-corrected chi connectivity index (χ4v) is 3.93. The van der Waals surface area contributed by atoms with Gasteiger partial charge in [0.05, 0.1) is 4.91 Å². The SMILES string of the molecule is Cc1oc(-c2ccccc2)nc1C(=O)NCCN1C(=O)SC(=Cc2ccccc2)C1=O. The van der Waals surface area contributed by atoms with Gasteiger partial charge in [0.25, 0.3) is 17.1 Å². The van der Waals surface area contributed by atoms with E-state index in [-0.39, 0.29) is 29.9 Å². The second-order valence-electron chi connectivity index (χ2n) is 6.79. The lowest BCUT2D eigenvalue weighted by Gasteiger charge is -2.12. The van der Waals surface area contributed by atoms with Crippen molar-refractivity contribution in [3.8, 4) is 11.5 Å². The van der Waals surface area contributed by atoms with Crippen LogP contribution in [0.2, 0.25) is 0 Å². The Bertz CT molecular complexity index is 1160. The summed E-state index contributed by atoms with van der Waals surface area (Å²) >= 11 is 0.894. The van der Waals surface area contributed by atoms with E-state index < -0.39 is 5.91 Å². The van der Waals surface area contributed by atoms with Crippen LogP contribution >= 0.6 is 11.8 Å². The maximum absolute atomic E-state index is 12.6. The van der Waals surface area contributed by atoms with Gasteiger partial charge in [0, 0.05) is 18.7 Å². The average molecular weight is 433 g/mol. The lowest BCUT2D eigenvalue weighted by Crippen LogP contribution is -2.37. The molecule has 0 atom stereocenters. The lowest BCUT2D eigenvalue weighted by molar-refractivity contribution is -0.122. The second kappa shape index (κ2) is 9.01. The summed E-state index contributed by atoms with van der Waals surface area (Å²) in [6.45, 7) is 1.85. The molecular formula is C23H19N3O4S. The first kappa shape index (κ1) is 20.6. The zero-order valence-corrected chi connectivity index (χ0v) is 17.5. The number of rotatable bonds is 6. The molecule has 8 heteroatoms. The Hall–Kier alpha value is -3.65. The smallest absolute Gasteiger partial charge is 0.293 e. The van der Waals surface area contributed by atoms with Gasteiger partial charge in [-0.25, -0.2) is 4.98 Å². The quantitative estimate of drug-likeness (QED) is 0.588. The van der Waals surface area contributed by atoms with E-state index in [1.54, 1.807) is 13.0 Å². The lowest BCUT2D eigenvalue weighted by atomic mass is 10.2. The first-order valence-corrected chi connectivity index (χ1v) is 10.5. The number of carbonyl (C=O) groups excluding carboxylic acids is 3. The predicted molar refractivity (Wildman–Crippen MR) is 118 cm³/mol. The van der Waals surface area contributed by atoms with Crippen LogP contribution in [0.25, 0.3) is 17.5 Å². The fourth-order valence-electron chi connectivity index (χ4n) is 3.07. The van der Waals surface area contributed by atoms with E-state index >= 15 is 0 Å². The van der Waals surface area contributed by atoms with Crippen LogP contribution in [0, 0.1) is 6.92 Å². The van der Waals surface area contributed by atoms with E-state index in [9.17, 15) is 14.4 Å². The predicted octanol–water partition coefficient (Wildman–Crippen LogP) is 4.12. The van der Waals surface area contributed by atoms with Gasteiger partial charge in [0.15, 0.2) is 5.69 Å². The molecule has 0 radical (unpaired) electrons. The largest absolute Gasteiger partial charge is 0.441 e. The highest BCUT2D eigenvalue weighted by Crippen LogP contribution is 2.31. The molecular weight excluding hydrogens is 414 g/mol. The first-order valence-electron chi connectivity index (χ1n) is 9.64. The van der Waals surface area contributed by atoms with Crippen LogP contribution in [-0.2, 0) is 4.79 Å². The van der Waals surface area contributed by atoms with Crippen LogP contribution in [0.15, 0.2) is 70.0 Å². The molecule has 1 aliphatic heterocycles. The molecule has 3 amide bonds. The molecule has 0 spiro atoms. The van der Waals surface area contributed by atoms with Crippen molar-refractivity contribution in [3.05, 3.63) is 82.6 Å². The van der Waals surface area contributed by atoms with Crippen LogP contribution in [0.5, 0.6) is 0 Å². The number of imide groups is 1. The molecule has 3 aromatic rings. The van der Waals surface area contributed by atoms with Crippen molar-refractivity contribution in [2.45, 2.75) is 6.92 Å². The summed E-state index contributed by atoms with van der Waals surface area (Å²) in [7, 11) is 0. The number of amides is 3. The number of carbonyl (C=O) groups is 3. The van der Waals surface area contributed by atoms with E-state index in [0.29, 0.717) is 16.6 Å². The monoisotopic (exact) mass is 433 g/mol. The Morgan fingerprint density at radius 3 is 2.48 bits per heavy atom. The number of nitrogens with one attached hydrogen (secondary N) is 1. The van der Waals surface area contributed by atoms with Crippen molar-refractivity contribution in [2.24, 2.45) is 0 Å². The first-order chi connectivity index (χ1) is 15.0. The standard InChI is InChI=1S/C23H19N3O4S/c1-15-19(25-21(30-15)17-10-6-3-7-11-17)20(27)24-12-13-26-22(28)18(31-23(26)29)14-16-8-4-2-5-9-16/h2-11,14H,12-13H2,1H3,(H,24,27). The molecule has 2 heterocycles. The van der Waals surface area contributed by atoms with E-state index in [1.807, 2.05) is 60.7 Å². The molecule has 0 aliphatic carbocycles. The Morgan fingerprint density at radius 2 is 1.77 bits per heavy atom. The van der Waals surface area contributed by atoms with Gasteiger partial charge in [-0.3, -0.25) is 19.3 Å². The summed E-state index contributed by atoms with van der Waals surface area (Å²) in [5.74, 6) is -0.0270. The molecule has 1 N–H and O–H groups in total. The number of benzene rings is 2. The van der Waals surface area contributed by atoms with Crippen molar-refractivity contribution in [1.82, 2.24) is 15.2 Å². The van der Waals surface area contributed by atoms with Crippen LogP contribution < -0.4 is 5.32 Å². The molecule has 1 fully saturated rings. The van der Waals surface area contributed by atoms with Crippen molar-refractivity contribution in [1.29, 1.82) is 0 Å². The molecule has 1 aliphatic rings. The molecule has 31 heavy (non-hydrogen) atoms. The summed E-state index contributed by atoms with van der Waals surface area (Å²) in [5, 5.41) is 2.34. The molecule has 2 aromatic carbocycles. The molecule has 1 aromatic heterocycles. The van der Waals surface area contributed by atoms with Gasteiger partial charge in [-0.05, 0) is 42.5 Å². The van der Waals surface area contributed by atoms with E-state index in [0.717, 1.165) is 27.8 Å². The Kier molecular flexibility index (Phi) is 5.99. The third-order valence-electron chi connectivity index (χ3n) is 4.62. The van der Waals surface area contributed by atoms with Gasteiger partial charge < -0.3 is 9.73 Å². The highest BCUT2D eigenvalue weighted by Gasteiger charge is 2.34. The molecule has 0 unspecified atom stereocenters. The maximum Gasteiger partial charge on any atom is 0.293 e. The van der Waals surface area contributed by atoms with Crippen molar-refractivity contribution >= 4 is 34.9 Å². The number of hydrogen-bond donors (Lipinski definition) is 1. The Balaban J connectivity index is 1.37. The second-order valence-corrected chi connectivity index (χ2v) is 7.78. The van der Waals surface area contributed by atoms with Crippen molar-refractivity contribution in [3.63, 3.8) is 0 Å². The Labute approximate surface area is 183 Å². The number of aromatic nitrogens is 1. The number of aryl methyl sites for hydroxylation is 1. The van der Waals surface area contributed by atoms with Gasteiger partial charge in [0.1, 0.15) is 5.76 Å². The molecule has 7 nitrogen and oxygen atoms in total. The number of hydrogen-bond acceptors (Lipinski definition) is 6. The van der Waals surface area contributed by atoms with Crippen molar-refractivity contribution in [2.75, 3.05) is 13.1 Å². The number of thioether (sulfide) groups is 1.